The quantitative estimate of drug-likeness (QED) is 0.674. The maximum absolute atomic E-state index is 14.2. The Hall–Kier alpha value is -2.02. The number of nitrogens with one attached hydrogen (secondary N) is 1. The molecule has 1 heterocycles. The summed E-state index contributed by atoms with van der Waals surface area (Å²) >= 11 is 5.25. The second-order valence-corrected chi connectivity index (χ2v) is 5.37. The van der Waals surface area contributed by atoms with Gasteiger partial charge in [0.1, 0.15) is 11.6 Å². The number of thiocarbonyl (C=S) groups is 1. The van der Waals surface area contributed by atoms with E-state index in [2.05, 4.69) is 5.32 Å². The van der Waals surface area contributed by atoms with Crippen LogP contribution in [0.5, 0.6) is 0 Å². The normalized spacial score (nSPS) is 18.0. The monoisotopic (exact) mass is 340 g/mol. The van der Waals surface area contributed by atoms with Gasteiger partial charge in [-0.3, -0.25) is 0 Å². The zero-order valence-electron chi connectivity index (χ0n) is 13.2. The predicted molar refractivity (Wildman–Crippen MR) is 86.5 cm³/mol. The van der Waals surface area contributed by atoms with Crippen molar-refractivity contribution in [2.45, 2.75) is 26.8 Å². The first kappa shape index (κ1) is 17.3. The SMILES string of the molecule is CCOC(=O)C1=C(C)N(CC)C(=S)N[C@H]1c1c(F)cccc1F. The van der Waals surface area contributed by atoms with Crippen LogP contribution in [0.2, 0.25) is 0 Å². The van der Waals surface area contributed by atoms with Gasteiger partial charge in [-0.2, -0.15) is 0 Å². The molecule has 0 amide bonds. The zero-order valence-corrected chi connectivity index (χ0v) is 14.0. The first-order valence-electron chi connectivity index (χ1n) is 7.32. The van der Waals surface area contributed by atoms with Gasteiger partial charge in [-0.05, 0) is 45.1 Å². The fourth-order valence-electron chi connectivity index (χ4n) is 2.64. The topological polar surface area (TPSA) is 41.6 Å². The van der Waals surface area contributed by atoms with Gasteiger partial charge in [0.05, 0.1) is 23.8 Å². The van der Waals surface area contributed by atoms with Gasteiger partial charge in [0.25, 0.3) is 0 Å². The van der Waals surface area contributed by atoms with Crippen LogP contribution < -0.4 is 5.32 Å². The largest absolute Gasteiger partial charge is 0.463 e. The number of hydrogen-bond donors (Lipinski definition) is 1. The molecule has 0 saturated carbocycles. The van der Waals surface area contributed by atoms with Crippen LogP contribution in [-0.2, 0) is 9.53 Å². The van der Waals surface area contributed by atoms with E-state index < -0.39 is 23.6 Å². The molecule has 1 N–H and O–H groups in total. The molecule has 0 spiro atoms. The van der Waals surface area contributed by atoms with E-state index >= 15 is 0 Å². The number of carbonyl (C=O) groups is 1. The van der Waals surface area contributed by atoms with Crippen LogP contribution in [0.1, 0.15) is 32.4 Å². The third-order valence-electron chi connectivity index (χ3n) is 3.70. The average molecular weight is 340 g/mol. The second kappa shape index (κ2) is 7.04. The van der Waals surface area contributed by atoms with Crippen molar-refractivity contribution in [3.05, 3.63) is 46.7 Å². The Balaban J connectivity index is 2.63. The lowest BCUT2D eigenvalue weighted by Gasteiger charge is -2.37. The number of carbonyl (C=O) groups excluding carboxylic acids is 1. The molecule has 0 saturated heterocycles. The number of nitrogens with zero attached hydrogens (tertiary/aromatic N) is 1. The average Bonchev–Trinajstić information content (AvgIpc) is 2.47. The van der Waals surface area contributed by atoms with Gasteiger partial charge >= 0.3 is 5.97 Å². The summed E-state index contributed by atoms with van der Waals surface area (Å²) in [7, 11) is 0. The van der Waals surface area contributed by atoms with Gasteiger partial charge in [0, 0.05) is 12.2 Å². The lowest BCUT2D eigenvalue weighted by molar-refractivity contribution is -0.139. The molecular formula is C16H18F2N2O2S. The van der Waals surface area contributed by atoms with Gasteiger partial charge in [-0.1, -0.05) is 6.07 Å². The minimum Gasteiger partial charge on any atom is -0.463 e. The Bertz CT molecular complexity index is 656. The van der Waals surface area contributed by atoms with Crippen molar-refractivity contribution in [3.8, 4) is 0 Å². The van der Waals surface area contributed by atoms with Crippen LogP contribution >= 0.6 is 12.2 Å². The van der Waals surface area contributed by atoms with Gasteiger partial charge in [-0.15, -0.1) is 0 Å². The molecule has 23 heavy (non-hydrogen) atoms. The molecule has 0 radical (unpaired) electrons. The summed E-state index contributed by atoms with van der Waals surface area (Å²) in [6, 6.07) is 2.54. The standard InChI is InChI=1S/C16H18F2N2O2S/c1-4-20-9(3)12(15(21)22-5-2)14(19-16(20)23)13-10(17)7-6-8-11(13)18/h6-8,14H,4-5H2,1-3H3,(H,19,23)/t14-/m1/s1. The van der Waals surface area contributed by atoms with Crippen molar-refractivity contribution in [2.24, 2.45) is 0 Å². The first-order valence-corrected chi connectivity index (χ1v) is 7.72. The van der Waals surface area contributed by atoms with Crippen LogP contribution in [0, 0.1) is 11.6 Å². The van der Waals surface area contributed by atoms with E-state index in [1.54, 1.807) is 18.7 Å². The summed E-state index contributed by atoms with van der Waals surface area (Å²) < 4.78 is 33.4. The molecule has 0 fully saturated rings. The van der Waals surface area contributed by atoms with Gasteiger partial charge in [0.2, 0.25) is 0 Å². The molecule has 1 aliphatic rings. The molecular weight excluding hydrogens is 322 g/mol. The third-order valence-corrected chi connectivity index (χ3v) is 4.03. The fourth-order valence-corrected chi connectivity index (χ4v) is 3.02. The number of rotatable bonds is 4. The molecule has 0 unspecified atom stereocenters. The van der Waals surface area contributed by atoms with Crippen molar-refractivity contribution in [1.29, 1.82) is 0 Å². The van der Waals surface area contributed by atoms with Crippen LogP contribution in [0.15, 0.2) is 29.5 Å². The highest BCUT2D eigenvalue weighted by molar-refractivity contribution is 7.80. The summed E-state index contributed by atoms with van der Waals surface area (Å²) in [6.45, 7) is 5.91. The summed E-state index contributed by atoms with van der Waals surface area (Å²) in [6.07, 6.45) is 0. The van der Waals surface area contributed by atoms with E-state index in [9.17, 15) is 13.6 Å². The third kappa shape index (κ3) is 3.19. The van der Waals surface area contributed by atoms with E-state index in [1.165, 1.54) is 6.07 Å². The van der Waals surface area contributed by atoms with E-state index in [4.69, 9.17) is 17.0 Å². The Kier molecular flexibility index (Phi) is 5.30. The second-order valence-electron chi connectivity index (χ2n) is 4.98. The van der Waals surface area contributed by atoms with Crippen molar-refractivity contribution in [2.75, 3.05) is 13.2 Å². The Morgan fingerprint density at radius 2 is 1.96 bits per heavy atom. The van der Waals surface area contributed by atoms with E-state index in [0.29, 0.717) is 17.4 Å². The molecule has 1 atom stereocenters. The molecule has 0 bridgehead atoms. The zero-order chi connectivity index (χ0) is 17.1. The number of hydrogen-bond acceptors (Lipinski definition) is 3. The van der Waals surface area contributed by atoms with Crippen molar-refractivity contribution in [1.82, 2.24) is 10.2 Å². The summed E-state index contributed by atoms with van der Waals surface area (Å²) in [5.41, 5.74) is 0.446. The Morgan fingerprint density at radius 3 is 2.48 bits per heavy atom. The lowest BCUT2D eigenvalue weighted by Crippen LogP contribution is -2.48. The van der Waals surface area contributed by atoms with E-state index in [-0.39, 0.29) is 17.7 Å². The highest BCUT2D eigenvalue weighted by atomic mass is 32.1. The highest BCUT2D eigenvalue weighted by Crippen LogP contribution is 2.33. The number of esters is 1. The maximum atomic E-state index is 14.2. The molecule has 7 heteroatoms. The van der Waals surface area contributed by atoms with Gasteiger partial charge in [0.15, 0.2) is 5.11 Å². The first-order chi connectivity index (χ1) is 10.9. The molecule has 1 aromatic carbocycles. The fraction of sp³-hybridized carbons (Fsp3) is 0.375. The van der Waals surface area contributed by atoms with E-state index in [1.807, 2.05) is 6.92 Å². The highest BCUT2D eigenvalue weighted by Gasteiger charge is 2.36. The van der Waals surface area contributed by atoms with Crippen molar-refractivity contribution in [3.63, 3.8) is 0 Å². The molecule has 1 aromatic rings. The molecule has 124 valence electrons. The summed E-state index contributed by atoms with van der Waals surface area (Å²) in [5.74, 6) is -2.11. The Labute approximate surface area is 139 Å². The Morgan fingerprint density at radius 1 is 1.35 bits per heavy atom. The summed E-state index contributed by atoms with van der Waals surface area (Å²) in [5, 5.41) is 3.16. The minimum atomic E-state index is -1.02. The van der Waals surface area contributed by atoms with Crippen LogP contribution in [0.25, 0.3) is 0 Å². The van der Waals surface area contributed by atoms with E-state index in [0.717, 1.165) is 12.1 Å². The maximum Gasteiger partial charge on any atom is 0.338 e. The van der Waals surface area contributed by atoms with Crippen LogP contribution in [0.3, 0.4) is 0 Å². The molecule has 0 aromatic heterocycles. The summed E-state index contributed by atoms with van der Waals surface area (Å²) in [4.78, 5) is 14.0. The van der Waals surface area contributed by atoms with Crippen LogP contribution in [-0.4, -0.2) is 29.1 Å². The molecule has 2 rings (SSSR count). The number of allylic oxidation sites excluding steroid dienone is 1. The molecule has 1 aliphatic heterocycles. The minimum absolute atomic E-state index is 0.159. The predicted octanol–water partition coefficient (Wildman–Crippen LogP) is 3.05. The lowest BCUT2D eigenvalue weighted by atomic mass is 9.94. The number of halogens is 2. The number of ether oxygens (including phenoxy) is 1. The smallest absolute Gasteiger partial charge is 0.338 e. The van der Waals surface area contributed by atoms with Crippen molar-refractivity contribution >= 4 is 23.3 Å². The number of benzene rings is 1. The van der Waals surface area contributed by atoms with Gasteiger partial charge < -0.3 is 15.0 Å². The van der Waals surface area contributed by atoms with Crippen LogP contribution in [0.4, 0.5) is 8.78 Å². The molecule has 0 aliphatic carbocycles. The van der Waals surface area contributed by atoms with Crippen molar-refractivity contribution < 1.29 is 18.3 Å². The van der Waals surface area contributed by atoms with Gasteiger partial charge in [-0.25, -0.2) is 13.6 Å². The molecule has 4 nitrogen and oxygen atoms in total.